The molecule has 0 bridgehead atoms. The van der Waals surface area contributed by atoms with E-state index < -0.39 is 71.2 Å². The predicted octanol–water partition coefficient (Wildman–Crippen LogP) is 4.04. The van der Waals surface area contributed by atoms with Gasteiger partial charge in [0.15, 0.2) is 23.3 Å². The number of nitrogens with two attached hydrogens (primary N) is 2. The first-order valence-corrected chi connectivity index (χ1v) is 12.7. The molecule has 0 radical (unpaired) electrons. The van der Waals surface area contributed by atoms with Crippen LogP contribution in [0.5, 0.6) is 0 Å². The van der Waals surface area contributed by atoms with Gasteiger partial charge in [0.25, 0.3) is 0 Å². The lowest BCUT2D eigenvalue weighted by molar-refractivity contribution is -0.141. The van der Waals surface area contributed by atoms with Crippen LogP contribution in [0, 0.1) is 17.5 Å². The average Bonchev–Trinajstić information content (AvgIpc) is 3.35. The third-order valence-electron chi connectivity index (χ3n) is 6.33. The smallest absolute Gasteiger partial charge is 0.402 e. The summed E-state index contributed by atoms with van der Waals surface area (Å²) >= 11 is 5.94. The number of alkyl halides is 3. The van der Waals surface area contributed by atoms with Crippen molar-refractivity contribution in [1.29, 1.82) is 0 Å². The molecular weight excluding hydrogens is 594 g/mol. The Morgan fingerprint density at radius 3 is 2.38 bits per heavy atom. The highest BCUT2D eigenvalue weighted by molar-refractivity contribution is 6.30. The van der Waals surface area contributed by atoms with Crippen LogP contribution in [0.15, 0.2) is 51.0 Å². The van der Waals surface area contributed by atoms with Crippen molar-refractivity contribution in [3.63, 3.8) is 0 Å². The number of allylic oxidation sites excluding steroid dienone is 2. The molecule has 2 fully saturated rings. The standard InChI is InChI=1S/C26H25ClF6N6O3/c1-10(34)14(12-5-16(28)20(30)17(29)6-12)8-36-21-22(40)24(41-19-9-37-42-23(19)21)25(38-11(2)35)39-18-7-13(27)3-4-15(18)26(31,32)33/h3-8,19,21-24,37,40H,9,34H2,1-2H3,(H2,35,38,39)/t19?,21-,22?,23?,24?/m0/s1. The normalized spacial score (nSPS) is 26.0. The van der Waals surface area contributed by atoms with Crippen molar-refractivity contribution < 1.29 is 41.0 Å². The van der Waals surface area contributed by atoms with Gasteiger partial charge in [0.05, 0.1) is 23.6 Å². The molecule has 0 spiro atoms. The van der Waals surface area contributed by atoms with Gasteiger partial charge in [0.2, 0.25) is 0 Å². The summed E-state index contributed by atoms with van der Waals surface area (Å²) in [5, 5.41) is 11.3. The summed E-state index contributed by atoms with van der Waals surface area (Å²) in [7, 11) is 0. The molecule has 5 atom stereocenters. The number of amidine groups is 2. The number of rotatable bonds is 5. The summed E-state index contributed by atoms with van der Waals surface area (Å²) < 4.78 is 88.5. The molecule has 42 heavy (non-hydrogen) atoms. The van der Waals surface area contributed by atoms with E-state index in [-0.39, 0.29) is 34.2 Å². The zero-order valence-corrected chi connectivity index (χ0v) is 22.7. The van der Waals surface area contributed by atoms with E-state index >= 15 is 0 Å². The highest BCUT2D eigenvalue weighted by Gasteiger charge is 2.50. The number of benzene rings is 2. The maximum atomic E-state index is 13.9. The van der Waals surface area contributed by atoms with Crippen molar-refractivity contribution in [2.24, 2.45) is 26.4 Å². The Kier molecular flexibility index (Phi) is 9.27. The minimum absolute atomic E-state index is 0.00371. The molecule has 0 amide bonds. The quantitative estimate of drug-likeness (QED) is 0.173. The van der Waals surface area contributed by atoms with Gasteiger partial charge in [-0.1, -0.05) is 11.6 Å². The molecule has 2 heterocycles. The van der Waals surface area contributed by atoms with Crippen LogP contribution >= 0.6 is 11.6 Å². The molecular formula is C26H25ClF6N6O3. The minimum atomic E-state index is -4.80. The Labute approximate surface area is 240 Å². The third kappa shape index (κ3) is 6.76. The Morgan fingerprint density at radius 1 is 1.12 bits per heavy atom. The van der Waals surface area contributed by atoms with E-state index in [4.69, 9.17) is 32.6 Å². The molecule has 16 heteroatoms. The molecule has 2 aliphatic heterocycles. The Balaban J connectivity index is 1.77. The number of hydroxylamine groups is 1. The SMILES string of the molecule is CC(N)=NC(=Nc1cc(Cl)ccc1C(F)(F)F)C1OC2CNOC2[C@@H](N=CC(=C(C)N)c2cc(F)c(F)c(F)c2)C1O. The molecule has 2 aromatic carbocycles. The van der Waals surface area contributed by atoms with Crippen molar-refractivity contribution in [1.82, 2.24) is 5.48 Å². The number of nitrogens with zero attached hydrogens (tertiary/aromatic N) is 3. The summed E-state index contributed by atoms with van der Waals surface area (Å²) in [6, 6.07) is 3.03. The van der Waals surface area contributed by atoms with Gasteiger partial charge in [0, 0.05) is 22.5 Å². The first-order valence-electron chi connectivity index (χ1n) is 12.3. The van der Waals surface area contributed by atoms with Gasteiger partial charge < -0.3 is 21.3 Å². The first-order chi connectivity index (χ1) is 19.7. The molecule has 6 N–H and O–H groups in total. The number of hydrogen-bond donors (Lipinski definition) is 4. The number of ether oxygens (including phenoxy) is 1. The highest BCUT2D eigenvalue weighted by Crippen LogP contribution is 2.39. The molecule has 226 valence electrons. The van der Waals surface area contributed by atoms with Gasteiger partial charge in [0.1, 0.15) is 30.5 Å². The Bertz CT molecular complexity index is 1450. The number of aliphatic imine (C=N–C) groups is 3. The number of hydrogen-bond acceptors (Lipinski definition) is 7. The number of aliphatic hydroxyl groups is 1. The first kappa shape index (κ1) is 31.4. The number of nitrogens with one attached hydrogen (secondary N) is 1. The lowest BCUT2D eigenvalue weighted by Crippen LogP contribution is -2.58. The number of aliphatic hydroxyl groups excluding tert-OH is 1. The molecule has 0 aromatic heterocycles. The van der Waals surface area contributed by atoms with Gasteiger partial charge in [-0.3, -0.25) is 9.83 Å². The zero-order valence-electron chi connectivity index (χ0n) is 22.0. The fourth-order valence-corrected chi connectivity index (χ4v) is 4.60. The predicted molar refractivity (Wildman–Crippen MR) is 144 cm³/mol. The second-order valence-corrected chi connectivity index (χ2v) is 9.95. The van der Waals surface area contributed by atoms with Crippen LogP contribution in [-0.4, -0.2) is 60.0 Å². The van der Waals surface area contributed by atoms with Crippen molar-refractivity contribution in [2.45, 2.75) is 50.5 Å². The van der Waals surface area contributed by atoms with E-state index in [2.05, 4.69) is 20.5 Å². The molecule has 4 rings (SSSR count). The molecule has 0 saturated carbocycles. The van der Waals surface area contributed by atoms with E-state index in [9.17, 15) is 31.4 Å². The van der Waals surface area contributed by atoms with Crippen molar-refractivity contribution >= 4 is 40.7 Å². The van der Waals surface area contributed by atoms with E-state index in [0.717, 1.165) is 36.5 Å². The third-order valence-corrected chi connectivity index (χ3v) is 6.56. The van der Waals surface area contributed by atoms with Crippen molar-refractivity contribution in [2.75, 3.05) is 6.54 Å². The number of fused-ring (bicyclic) bond motifs is 1. The Morgan fingerprint density at radius 2 is 1.79 bits per heavy atom. The molecule has 2 saturated heterocycles. The van der Waals surface area contributed by atoms with E-state index in [0.29, 0.717) is 0 Å². The summed E-state index contributed by atoms with van der Waals surface area (Å²) in [6.45, 7) is 2.86. The Hall–Kier alpha value is -3.50. The van der Waals surface area contributed by atoms with Crippen LogP contribution in [0.2, 0.25) is 5.02 Å². The van der Waals surface area contributed by atoms with Gasteiger partial charge in [-0.15, -0.1) is 0 Å². The van der Waals surface area contributed by atoms with Crippen LogP contribution < -0.4 is 16.9 Å². The molecule has 0 aliphatic carbocycles. The van der Waals surface area contributed by atoms with E-state index in [1.807, 2.05) is 0 Å². The van der Waals surface area contributed by atoms with Crippen LogP contribution in [0.25, 0.3) is 5.57 Å². The van der Waals surface area contributed by atoms with E-state index in [1.165, 1.54) is 13.8 Å². The van der Waals surface area contributed by atoms with Crippen LogP contribution in [-0.2, 0) is 15.8 Å². The van der Waals surface area contributed by atoms with Crippen LogP contribution in [0.1, 0.15) is 25.0 Å². The topological polar surface area (TPSA) is 140 Å². The lowest BCUT2D eigenvalue weighted by atomic mass is 9.92. The summed E-state index contributed by atoms with van der Waals surface area (Å²) in [6.07, 6.45) is -8.52. The maximum Gasteiger partial charge on any atom is 0.418 e. The van der Waals surface area contributed by atoms with Gasteiger partial charge >= 0.3 is 6.18 Å². The molecule has 9 nitrogen and oxygen atoms in total. The largest absolute Gasteiger partial charge is 0.418 e. The highest BCUT2D eigenvalue weighted by atomic mass is 35.5. The average molecular weight is 619 g/mol. The summed E-state index contributed by atoms with van der Waals surface area (Å²) in [5.74, 6) is -5.10. The van der Waals surface area contributed by atoms with Crippen molar-refractivity contribution in [3.05, 3.63) is 69.6 Å². The summed E-state index contributed by atoms with van der Waals surface area (Å²) in [4.78, 5) is 17.9. The number of halogens is 7. The fraction of sp³-hybridized carbons (Fsp3) is 0.346. The van der Waals surface area contributed by atoms with Gasteiger partial charge in [-0.05, 0) is 49.7 Å². The van der Waals surface area contributed by atoms with Crippen LogP contribution in [0.3, 0.4) is 0 Å². The molecule has 4 unspecified atom stereocenters. The summed E-state index contributed by atoms with van der Waals surface area (Å²) in [5.41, 5.74) is 12.5. The van der Waals surface area contributed by atoms with Gasteiger partial charge in [-0.2, -0.15) is 18.7 Å². The second kappa shape index (κ2) is 12.4. The van der Waals surface area contributed by atoms with E-state index in [1.54, 1.807) is 0 Å². The van der Waals surface area contributed by atoms with Gasteiger partial charge in [-0.25, -0.2) is 23.2 Å². The second-order valence-electron chi connectivity index (χ2n) is 9.52. The van der Waals surface area contributed by atoms with Crippen LogP contribution in [0.4, 0.5) is 32.0 Å². The zero-order chi connectivity index (χ0) is 30.9. The lowest BCUT2D eigenvalue weighted by Gasteiger charge is -2.38. The minimum Gasteiger partial charge on any atom is -0.402 e. The fourth-order valence-electron chi connectivity index (χ4n) is 4.43. The monoisotopic (exact) mass is 618 g/mol. The maximum absolute atomic E-state index is 13.9. The van der Waals surface area contributed by atoms with Crippen molar-refractivity contribution in [3.8, 4) is 0 Å². The molecule has 2 aromatic rings. The molecule has 2 aliphatic rings.